The molecule has 1 aliphatic heterocycles. The molecule has 1 saturated heterocycles. The number of methoxy groups -OCH3 is 2. The van der Waals surface area contributed by atoms with Crippen LogP contribution in [0.15, 0.2) is 22.2 Å². The van der Waals surface area contributed by atoms with Crippen LogP contribution in [0, 0.1) is 11.3 Å². The molecule has 2 rings (SSSR count). The molecule has 0 saturated carbocycles. The average molecular weight is 395 g/mol. The first-order chi connectivity index (χ1) is 11.6. The number of rotatable bonds is 6. The molecule has 1 amide bonds. The molecule has 0 aromatic heterocycles. The van der Waals surface area contributed by atoms with Gasteiger partial charge in [-0.15, -0.1) is 0 Å². The largest absolute Gasteiger partial charge is 0.493 e. The van der Waals surface area contributed by atoms with Crippen molar-refractivity contribution in [2.24, 2.45) is 0 Å². The zero-order chi connectivity index (χ0) is 17.5. The Morgan fingerprint density at radius 3 is 2.88 bits per heavy atom. The Kier molecular flexibility index (Phi) is 6.64. The van der Waals surface area contributed by atoms with Gasteiger partial charge in [0.1, 0.15) is 11.6 Å². The second kappa shape index (κ2) is 8.71. The number of hydrogen-bond acceptors (Lipinski definition) is 5. The predicted octanol–water partition coefficient (Wildman–Crippen LogP) is 2.67. The van der Waals surface area contributed by atoms with Gasteiger partial charge < -0.3 is 19.5 Å². The number of benzene rings is 1. The van der Waals surface area contributed by atoms with E-state index in [1.807, 2.05) is 6.07 Å². The number of carbonyl (C=O) groups is 1. The highest BCUT2D eigenvalue weighted by molar-refractivity contribution is 9.10. The Morgan fingerprint density at radius 2 is 2.29 bits per heavy atom. The van der Waals surface area contributed by atoms with Gasteiger partial charge in [0.05, 0.1) is 20.3 Å². The summed E-state index contributed by atoms with van der Waals surface area (Å²) in [6.07, 6.45) is 3.42. The summed E-state index contributed by atoms with van der Waals surface area (Å²) in [4.78, 5) is 12.2. The number of hydrogen-bond donors (Lipinski definition) is 1. The van der Waals surface area contributed by atoms with E-state index in [0.29, 0.717) is 23.6 Å². The van der Waals surface area contributed by atoms with Gasteiger partial charge in [0, 0.05) is 23.2 Å². The van der Waals surface area contributed by atoms with Crippen molar-refractivity contribution in [1.82, 2.24) is 5.32 Å². The zero-order valence-electron chi connectivity index (χ0n) is 13.6. The second-order valence-corrected chi connectivity index (χ2v) is 6.16. The Morgan fingerprint density at radius 1 is 1.50 bits per heavy atom. The van der Waals surface area contributed by atoms with Crippen molar-refractivity contribution in [3.05, 3.63) is 27.7 Å². The molecule has 1 aromatic rings. The number of ether oxygens (including phenoxy) is 3. The maximum Gasteiger partial charge on any atom is 0.262 e. The van der Waals surface area contributed by atoms with E-state index in [9.17, 15) is 10.1 Å². The minimum atomic E-state index is -0.436. The first-order valence-electron chi connectivity index (χ1n) is 7.52. The molecule has 1 aliphatic rings. The van der Waals surface area contributed by atoms with Crippen LogP contribution in [-0.4, -0.2) is 39.4 Å². The molecule has 0 bridgehead atoms. The van der Waals surface area contributed by atoms with E-state index in [2.05, 4.69) is 21.2 Å². The molecule has 0 radical (unpaired) electrons. The number of nitriles is 1. The SMILES string of the molecule is COc1cc(Br)cc(/C=C(\C#N)C(=O)NC[C@@H]2CCCO2)c1OC. The van der Waals surface area contributed by atoms with E-state index in [1.54, 1.807) is 12.1 Å². The fraction of sp³-hybridized carbons (Fsp3) is 0.412. The predicted molar refractivity (Wildman–Crippen MR) is 92.8 cm³/mol. The van der Waals surface area contributed by atoms with Crippen LogP contribution in [0.1, 0.15) is 18.4 Å². The van der Waals surface area contributed by atoms with Crippen molar-refractivity contribution < 1.29 is 19.0 Å². The van der Waals surface area contributed by atoms with Crippen LogP contribution in [-0.2, 0) is 9.53 Å². The number of nitrogens with one attached hydrogen (secondary N) is 1. The highest BCUT2D eigenvalue weighted by atomic mass is 79.9. The summed E-state index contributed by atoms with van der Waals surface area (Å²) in [6.45, 7) is 1.12. The Hall–Kier alpha value is -2.04. The quantitative estimate of drug-likeness (QED) is 0.592. The lowest BCUT2D eigenvalue weighted by Crippen LogP contribution is -2.32. The minimum Gasteiger partial charge on any atom is -0.493 e. The van der Waals surface area contributed by atoms with Crippen molar-refractivity contribution in [3.63, 3.8) is 0 Å². The van der Waals surface area contributed by atoms with Gasteiger partial charge in [-0.2, -0.15) is 5.26 Å². The summed E-state index contributed by atoms with van der Waals surface area (Å²) >= 11 is 3.38. The molecule has 1 heterocycles. The third kappa shape index (κ3) is 4.49. The normalized spacial score (nSPS) is 17.2. The number of halogens is 1. The summed E-state index contributed by atoms with van der Waals surface area (Å²) < 4.78 is 16.8. The minimum absolute atomic E-state index is 0.00792. The second-order valence-electron chi connectivity index (χ2n) is 5.25. The molecule has 0 unspecified atom stereocenters. The van der Waals surface area contributed by atoms with Gasteiger partial charge in [-0.05, 0) is 31.1 Å². The highest BCUT2D eigenvalue weighted by Gasteiger charge is 2.18. The highest BCUT2D eigenvalue weighted by Crippen LogP contribution is 2.35. The number of nitrogens with zero attached hydrogens (tertiary/aromatic N) is 1. The van der Waals surface area contributed by atoms with Gasteiger partial charge >= 0.3 is 0 Å². The summed E-state index contributed by atoms with van der Waals surface area (Å²) in [5.41, 5.74) is 0.569. The van der Waals surface area contributed by atoms with Crippen molar-refractivity contribution >= 4 is 27.9 Å². The van der Waals surface area contributed by atoms with Crippen LogP contribution >= 0.6 is 15.9 Å². The Labute approximate surface area is 149 Å². The van der Waals surface area contributed by atoms with E-state index >= 15 is 0 Å². The monoisotopic (exact) mass is 394 g/mol. The van der Waals surface area contributed by atoms with Crippen LogP contribution in [0.25, 0.3) is 6.08 Å². The van der Waals surface area contributed by atoms with Gasteiger partial charge in [0.15, 0.2) is 11.5 Å². The summed E-state index contributed by atoms with van der Waals surface area (Å²) in [5.74, 6) is 0.532. The molecule has 0 aliphatic carbocycles. The van der Waals surface area contributed by atoms with Crippen molar-refractivity contribution in [2.45, 2.75) is 18.9 Å². The van der Waals surface area contributed by atoms with E-state index < -0.39 is 5.91 Å². The third-order valence-corrected chi connectivity index (χ3v) is 4.11. The number of carbonyl (C=O) groups excluding carboxylic acids is 1. The van der Waals surface area contributed by atoms with Gasteiger partial charge in [-0.1, -0.05) is 15.9 Å². The molecular formula is C17H19BrN2O4. The van der Waals surface area contributed by atoms with E-state index in [-0.39, 0.29) is 11.7 Å². The van der Waals surface area contributed by atoms with Crippen LogP contribution in [0.2, 0.25) is 0 Å². The maximum atomic E-state index is 12.2. The van der Waals surface area contributed by atoms with E-state index in [0.717, 1.165) is 23.9 Å². The van der Waals surface area contributed by atoms with Gasteiger partial charge in [0.2, 0.25) is 0 Å². The fourth-order valence-corrected chi connectivity index (χ4v) is 2.93. The van der Waals surface area contributed by atoms with Crippen LogP contribution in [0.4, 0.5) is 0 Å². The topological polar surface area (TPSA) is 80.6 Å². The summed E-state index contributed by atoms with van der Waals surface area (Å²) in [6, 6.07) is 5.44. The molecular weight excluding hydrogens is 376 g/mol. The molecule has 24 heavy (non-hydrogen) atoms. The molecule has 0 spiro atoms. The first-order valence-corrected chi connectivity index (χ1v) is 8.31. The molecule has 1 N–H and O–H groups in total. The van der Waals surface area contributed by atoms with Crippen molar-refractivity contribution in [3.8, 4) is 17.6 Å². The third-order valence-electron chi connectivity index (χ3n) is 3.65. The van der Waals surface area contributed by atoms with Crippen LogP contribution < -0.4 is 14.8 Å². The summed E-state index contributed by atoms with van der Waals surface area (Å²) in [5, 5.41) is 12.1. The lowest BCUT2D eigenvalue weighted by atomic mass is 10.1. The first kappa shape index (κ1) is 18.3. The fourth-order valence-electron chi connectivity index (χ4n) is 2.48. The number of amides is 1. The smallest absolute Gasteiger partial charge is 0.262 e. The molecule has 1 fully saturated rings. The van der Waals surface area contributed by atoms with Gasteiger partial charge in [-0.25, -0.2) is 0 Å². The lowest BCUT2D eigenvalue weighted by Gasteiger charge is -2.12. The molecule has 6 nitrogen and oxygen atoms in total. The lowest BCUT2D eigenvalue weighted by molar-refractivity contribution is -0.117. The van der Waals surface area contributed by atoms with Crippen molar-refractivity contribution in [2.75, 3.05) is 27.4 Å². The molecule has 1 atom stereocenters. The summed E-state index contributed by atoms with van der Waals surface area (Å²) in [7, 11) is 3.03. The molecule has 1 aromatic carbocycles. The Bertz CT molecular complexity index is 676. The van der Waals surface area contributed by atoms with E-state index in [4.69, 9.17) is 14.2 Å². The van der Waals surface area contributed by atoms with E-state index in [1.165, 1.54) is 20.3 Å². The van der Waals surface area contributed by atoms with Crippen LogP contribution in [0.3, 0.4) is 0 Å². The van der Waals surface area contributed by atoms with Crippen molar-refractivity contribution in [1.29, 1.82) is 5.26 Å². The Balaban J connectivity index is 2.21. The van der Waals surface area contributed by atoms with Gasteiger partial charge in [-0.3, -0.25) is 4.79 Å². The zero-order valence-corrected chi connectivity index (χ0v) is 15.2. The standard InChI is InChI=1S/C17H19BrN2O4/c1-22-15-8-13(18)7-11(16(15)23-2)6-12(9-19)17(21)20-10-14-4-3-5-24-14/h6-8,14H,3-5,10H2,1-2H3,(H,20,21)/b12-6+/t14-/m0/s1. The molecule has 7 heteroatoms. The molecule has 128 valence electrons. The average Bonchev–Trinajstić information content (AvgIpc) is 3.10. The maximum absolute atomic E-state index is 12.2. The van der Waals surface area contributed by atoms with Gasteiger partial charge in [0.25, 0.3) is 5.91 Å². The van der Waals surface area contributed by atoms with Crippen LogP contribution in [0.5, 0.6) is 11.5 Å².